The van der Waals surface area contributed by atoms with Crippen LogP contribution in [0, 0.1) is 0 Å². The molecule has 0 fully saturated rings. The summed E-state index contributed by atoms with van der Waals surface area (Å²) in [7, 11) is 8.38. The van der Waals surface area contributed by atoms with E-state index in [2.05, 4.69) is 62.3 Å². The molecule has 1 unspecified atom stereocenters. The van der Waals surface area contributed by atoms with Gasteiger partial charge in [-0.1, -0.05) is 12.1 Å². The lowest BCUT2D eigenvalue weighted by molar-refractivity contribution is 0.280. The van der Waals surface area contributed by atoms with Crippen molar-refractivity contribution in [2.45, 2.75) is 18.9 Å². The predicted molar refractivity (Wildman–Crippen MR) is 75.5 cm³/mol. The van der Waals surface area contributed by atoms with Gasteiger partial charge in [0, 0.05) is 25.8 Å². The zero-order chi connectivity index (χ0) is 12.8. The lowest BCUT2D eigenvalue weighted by Crippen LogP contribution is -2.21. The molecule has 1 atom stereocenters. The van der Waals surface area contributed by atoms with Crippen molar-refractivity contribution >= 4 is 5.69 Å². The van der Waals surface area contributed by atoms with E-state index in [9.17, 15) is 0 Å². The number of hydrogen-bond donors (Lipinski definition) is 1. The van der Waals surface area contributed by atoms with E-state index in [-0.39, 0.29) is 0 Å². The van der Waals surface area contributed by atoms with Crippen molar-refractivity contribution in [1.82, 2.24) is 4.90 Å². The summed E-state index contributed by atoms with van der Waals surface area (Å²) in [6.45, 7) is 0.764. The number of anilines is 1. The van der Waals surface area contributed by atoms with Crippen LogP contribution < -0.4 is 10.6 Å². The van der Waals surface area contributed by atoms with Crippen molar-refractivity contribution < 1.29 is 0 Å². The average molecular weight is 235 g/mol. The summed E-state index contributed by atoms with van der Waals surface area (Å²) in [6, 6.07) is 9.25. The molecule has 1 aromatic rings. The third kappa shape index (κ3) is 4.02. The number of rotatable bonds is 6. The molecule has 0 saturated heterocycles. The second-order valence-corrected chi connectivity index (χ2v) is 4.90. The van der Waals surface area contributed by atoms with E-state index in [4.69, 9.17) is 5.73 Å². The van der Waals surface area contributed by atoms with Gasteiger partial charge in [-0.2, -0.15) is 0 Å². The van der Waals surface area contributed by atoms with Gasteiger partial charge in [0.05, 0.1) is 0 Å². The van der Waals surface area contributed by atoms with Gasteiger partial charge in [-0.05, 0) is 51.2 Å². The summed E-state index contributed by atoms with van der Waals surface area (Å²) in [5.41, 5.74) is 8.20. The van der Waals surface area contributed by atoms with Crippen LogP contribution in [0.1, 0.15) is 24.4 Å². The molecule has 0 aliphatic carbocycles. The topological polar surface area (TPSA) is 32.5 Å². The van der Waals surface area contributed by atoms with Crippen LogP contribution >= 0.6 is 0 Å². The Labute approximate surface area is 105 Å². The summed E-state index contributed by atoms with van der Waals surface area (Å²) in [6.07, 6.45) is 2.18. The molecule has 0 bridgehead atoms. The monoisotopic (exact) mass is 235 g/mol. The van der Waals surface area contributed by atoms with Crippen LogP contribution in [0.25, 0.3) is 0 Å². The first-order valence-corrected chi connectivity index (χ1v) is 6.20. The molecule has 1 aromatic carbocycles. The van der Waals surface area contributed by atoms with E-state index in [1.165, 1.54) is 11.3 Å². The Bertz CT molecular complexity index is 317. The van der Waals surface area contributed by atoms with Crippen LogP contribution in [0.5, 0.6) is 0 Å². The zero-order valence-electron chi connectivity index (χ0n) is 11.5. The number of benzene rings is 1. The van der Waals surface area contributed by atoms with E-state index < -0.39 is 0 Å². The Morgan fingerprint density at radius 1 is 1.06 bits per heavy atom. The maximum atomic E-state index is 5.59. The molecular formula is C14H25N3. The SMILES string of the molecule is CN(C)c1ccc(C(CCCN)N(C)C)cc1. The molecule has 17 heavy (non-hydrogen) atoms. The zero-order valence-corrected chi connectivity index (χ0v) is 11.5. The second-order valence-electron chi connectivity index (χ2n) is 4.90. The van der Waals surface area contributed by atoms with Crippen LogP contribution in [0.4, 0.5) is 5.69 Å². The van der Waals surface area contributed by atoms with Crippen molar-refractivity contribution in [1.29, 1.82) is 0 Å². The average Bonchev–Trinajstić information content (AvgIpc) is 2.29. The van der Waals surface area contributed by atoms with Gasteiger partial charge in [0.15, 0.2) is 0 Å². The highest BCUT2D eigenvalue weighted by molar-refractivity contribution is 5.46. The molecule has 0 aliphatic heterocycles. The van der Waals surface area contributed by atoms with Gasteiger partial charge < -0.3 is 15.5 Å². The van der Waals surface area contributed by atoms with Gasteiger partial charge >= 0.3 is 0 Å². The van der Waals surface area contributed by atoms with Gasteiger partial charge in [-0.25, -0.2) is 0 Å². The minimum atomic E-state index is 0.467. The van der Waals surface area contributed by atoms with Crippen molar-refractivity contribution in [3.8, 4) is 0 Å². The summed E-state index contributed by atoms with van der Waals surface area (Å²) in [5.74, 6) is 0. The van der Waals surface area contributed by atoms with Gasteiger partial charge in [0.2, 0.25) is 0 Å². The van der Waals surface area contributed by atoms with Crippen molar-refractivity contribution in [3.63, 3.8) is 0 Å². The van der Waals surface area contributed by atoms with E-state index in [1.807, 2.05) is 0 Å². The van der Waals surface area contributed by atoms with Crippen LogP contribution in [-0.4, -0.2) is 39.6 Å². The minimum absolute atomic E-state index is 0.467. The summed E-state index contributed by atoms with van der Waals surface area (Å²) < 4.78 is 0. The molecule has 1 rings (SSSR count). The Hall–Kier alpha value is -1.06. The molecule has 0 radical (unpaired) electrons. The van der Waals surface area contributed by atoms with Gasteiger partial charge in [0.1, 0.15) is 0 Å². The molecule has 0 aromatic heterocycles. The van der Waals surface area contributed by atoms with Gasteiger partial charge in [0.25, 0.3) is 0 Å². The van der Waals surface area contributed by atoms with E-state index >= 15 is 0 Å². The highest BCUT2D eigenvalue weighted by Crippen LogP contribution is 2.25. The predicted octanol–water partition coefficient (Wildman–Crippen LogP) is 2.09. The normalized spacial score (nSPS) is 12.8. The molecule has 0 saturated carbocycles. The summed E-state index contributed by atoms with van der Waals surface area (Å²) in [4.78, 5) is 4.38. The maximum Gasteiger partial charge on any atom is 0.0361 e. The van der Waals surface area contributed by atoms with E-state index in [0.29, 0.717) is 6.04 Å². The standard InChI is InChI=1S/C14H25N3/c1-16(2)13-9-7-12(8-10-13)14(17(3)4)6-5-11-15/h7-10,14H,5-6,11,15H2,1-4H3. The first kappa shape index (κ1) is 14.0. The van der Waals surface area contributed by atoms with Crippen LogP contribution in [-0.2, 0) is 0 Å². The van der Waals surface area contributed by atoms with Crippen LogP contribution in [0.3, 0.4) is 0 Å². The quantitative estimate of drug-likeness (QED) is 0.819. The fourth-order valence-corrected chi connectivity index (χ4v) is 2.03. The minimum Gasteiger partial charge on any atom is -0.378 e. The van der Waals surface area contributed by atoms with Crippen molar-refractivity contribution in [2.75, 3.05) is 39.6 Å². The van der Waals surface area contributed by atoms with Crippen LogP contribution in [0.15, 0.2) is 24.3 Å². The van der Waals surface area contributed by atoms with Crippen LogP contribution in [0.2, 0.25) is 0 Å². The van der Waals surface area contributed by atoms with Gasteiger partial charge in [-0.15, -0.1) is 0 Å². The third-order valence-electron chi connectivity index (χ3n) is 3.10. The molecule has 2 N–H and O–H groups in total. The maximum absolute atomic E-state index is 5.59. The third-order valence-corrected chi connectivity index (χ3v) is 3.10. The molecule has 0 aliphatic rings. The lowest BCUT2D eigenvalue weighted by Gasteiger charge is -2.25. The Balaban J connectivity index is 2.80. The highest BCUT2D eigenvalue weighted by Gasteiger charge is 2.13. The molecule has 0 spiro atoms. The number of nitrogens with two attached hydrogens (primary N) is 1. The molecule has 0 amide bonds. The highest BCUT2D eigenvalue weighted by atomic mass is 15.1. The molecule has 0 heterocycles. The smallest absolute Gasteiger partial charge is 0.0361 e. The first-order valence-electron chi connectivity index (χ1n) is 6.20. The Kier molecular flexibility index (Phi) is 5.45. The lowest BCUT2D eigenvalue weighted by atomic mass is 10.0. The van der Waals surface area contributed by atoms with E-state index in [1.54, 1.807) is 0 Å². The second kappa shape index (κ2) is 6.62. The molecule has 3 heteroatoms. The fourth-order valence-electron chi connectivity index (χ4n) is 2.03. The molecule has 96 valence electrons. The number of nitrogens with zero attached hydrogens (tertiary/aromatic N) is 2. The molecule has 3 nitrogen and oxygen atoms in total. The van der Waals surface area contributed by atoms with Gasteiger partial charge in [-0.3, -0.25) is 0 Å². The Morgan fingerprint density at radius 2 is 1.65 bits per heavy atom. The molecular weight excluding hydrogens is 210 g/mol. The van der Waals surface area contributed by atoms with Crippen molar-refractivity contribution in [3.05, 3.63) is 29.8 Å². The largest absolute Gasteiger partial charge is 0.378 e. The van der Waals surface area contributed by atoms with E-state index in [0.717, 1.165) is 19.4 Å². The first-order chi connectivity index (χ1) is 8.06. The Morgan fingerprint density at radius 3 is 2.06 bits per heavy atom. The fraction of sp³-hybridized carbons (Fsp3) is 0.571. The van der Waals surface area contributed by atoms with Crippen molar-refractivity contribution in [2.24, 2.45) is 5.73 Å². The summed E-state index contributed by atoms with van der Waals surface area (Å²) >= 11 is 0. The summed E-state index contributed by atoms with van der Waals surface area (Å²) in [5, 5.41) is 0. The number of hydrogen-bond acceptors (Lipinski definition) is 3.